The maximum atomic E-state index is 12.8. The Kier molecular flexibility index (Phi) is 6.77. The van der Waals surface area contributed by atoms with Crippen LogP contribution in [0.3, 0.4) is 0 Å². The highest BCUT2D eigenvalue weighted by atomic mass is 16.5. The second-order valence-electron chi connectivity index (χ2n) is 9.22. The Balaban J connectivity index is 1.73. The van der Waals surface area contributed by atoms with Crippen LogP contribution in [0.25, 0.3) is 0 Å². The zero-order chi connectivity index (χ0) is 21.0. The first-order chi connectivity index (χ1) is 13.8. The largest absolute Gasteiger partial charge is 0.475 e. The Hall–Kier alpha value is -2.15. The van der Waals surface area contributed by atoms with Crippen molar-refractivity contribution in [2.24, 2.45) is 5.41 Å². The first kappa shape index (κ1) is 21.6. The van der Waals surface area contributed by atoms with Crippen LogP contribution in [0.15, 0.2) is 12.1 Å². The van der Waals surface area contributed by atoms with Gasteiger partial charge in [-0.3, -0.25) is 9.59 Å². The van der Waals surface area contributed by atoms with Gasteiger partial charge in [0, 0.05) is 19.2 Å². The lowest BCUT2D eigenvalue weighted by atomic mass is 9.87. The topological polar surface area (TPSA) is 89.6 Å². The van der Waals surface area contributed by atoms with Crippen molar-refractivity contribution in [2.45, 2.75) is 70.9 Å². The van der Waals surface area contributed by atoms with E-state index in [1.165, 1.54) is 0 Å². The van der Waals surface area contributed by atoms with Crippen molar-refractivity contribution in [3.63, 3.8) is 0 Å². The highest BCUT2D eigenvalue weighted by Crippen LogP contribution is 2.43. The van der Waals surface area contributed by atoms with Crippen LogP contribution >= 0.6 is 0 Å². The molecule has 3 rings (SSSR count). The van der Waals surface area contributed by atoms with E-state index in [0.717, 1.165) is 37.9 Å². The number of nitrogens with zero attached hydrogens (tertiary/aromatic N) is 1. The predicted octanol–water partition coefficient (Wildman–Crippen LogP) is 2.80. The molecule has 1 saturated carbocycles. The van der Waals surface area contributed by atoms with Crippen LogP contribution in [0.4, 0.5) is 0 Å². The molecule has 1 aromatic heterocycles. The molecule has 1 aromatic rings. The zero-order valence-corrected chi connectivity index (χ0v) is 17.9. The van der Waals surface area contributed by atoms with Gasteiger partial charge in [0.1, 0.15) is 18.3 Å². The van der Waals surface area contributed by atoms with Gasteiger partial charge >= 0.3 is 0 Å². The summed E-state index contributed by atoms with van der Waals surface area (Å²) in [5, 5.41) is 5.46. The summed E-state index contributed by atoms with van der Waals surface area (Å²) in [6.45, 7) is 7.33. The standard InChI is InChI=1S/C22H33N3O4/c1-22(2,3)12-18(19(26)23-4)24-20(27)17-10-9-16(14-7-8-14)21(25-17)29-13-15-6-5-11-28-15/h9-10,14-15,18H,5-8,11-13H2,1-4H3,(H,23,26)(H,24,27)/t15-,18?/m0/s1. The van der Waals surface area contributed by atoms with E-state index in [1.54, 1.807) is 13.1 Å². The second kappa shape index (κ2) is 9.11. The molecule has 7 heteroatoms. The number of pyridine rings is 1. The molecule has 0 spiro atoms. The number of hydrogen-bond donors (Lipinski definition) is 2. The third-order valence-corrected chi connectivity index (χ3v) is 5.25. The summed E-state index contributed by atoms with van der Waals surface area (Å²) < 4.78 is 11.6. The number of aromatic nitrogens is 1. The van der Waals surface area contributed by atoms with Crippen LogP contribution in [0.5, 0.6) is 5.88 Å². The van der Waals surface area contributed by atoms with E-state index in [0.29, 0.717) is 24.8 Å². The quantitative estimate of drug-likeness (QED) is 0.697. The van der Waals surface area contributed by atoms with Gasteiger partial charge < -0.3 is 20.1 Å². The minimum Gasteiger partial charge on any atom is -0.475 e. The molecule has 29 heavy (non-hydrogen) atoms. The summed E-state index contributed by atoms with van der Waals surface area (Å²) in [5.41, 5.74) is 1.21. The van der Waals surface area contributed by atoms with E-state index in [-0.39, 0.29) is 29.0 Å². The summed E-state index contributed by atoms with van der Waals surface area (Å²) in [6, 6.07) is 3.04. The fraction of sp³-hybridized carbons (Fsp3) is 0.682. The van der Waals surface area contributed by atoms with Crippen molar-refractivity contribution in [3.8, 4) is 5.88 Å². The molecule has 2 amide bonds. The van der Waals surface area contributed by atoms with Crippen molar-refractivity contribution in [2.75, 3.05) is 20.3 Å². The Labute approximate surface area is 172 Å². The molecule has 0 bridgehead atoms. The van der Waals surface area contributed by atoms with Crippen molar-refractivity contribution >= 4 is 11.8 Å². The molecule has 1 unspecified atom stereocenters. The minimum absolute atomic E-state index is 0.0887. The Morgan fingerprint density at radius 1 is 1.28 bits per heavy atom. The van der Waals surface area contributed by atoms with Crippen LogP contribution in [0.2, 0.25) is 0 Å². The number of carbonyl (C=O) groups is 2. The van der Waals surface area contributed by atoms with Crippen LogP contribution < -0.4 is 15.4 Å². The Morgan fingerprint density at radius 3 is 2.62 bits per heavy atom. The molecule has 7 nitrogen and oxygen atoms in total. The molecule has 0 radical (unpaired) electrons. The molecular weight excluding hydrogens is 370 g/mol. The van der Waals surface area contributed by atoms with Crippen molar-refractivity contribution in [3.05, 3.63) is 23.4 Å². The second-order valence-corrected chi connectivity index (χ2v) is 9.22. The number of amides is 2. The van der Waals surface area contributed by atoms with Gasteiger partial charge in [-0.2, -0.15) is 0 Å². The van der Waals surface area contributed by atoms with E-state index in [1.807, 2.05) is 26.8 Å². The van der Waals surface area contributed by atoms with Gasteiger partial charge in [0.15, 0.2) is 0 Å². The first-order valence-corrected chi connectivity index (χ1v) is 10.5. The van der Waals surface area contributed by atoms with Gasteiger partial charge in [0.05, 0.1) is 6.10 Å². The van der Waals surface area contributed by atoms with Crippen LogP contribution in [-0.4, -0.2) is 49.2 Å². The van der Waals surface area contributed by atoms with E-state index in [4.69, 9.17) is 9.47 Å². The number of nitrogens with one attached hydrogen (secondary N) is 2. The van der Waals surface area contributed by atoms with Gasteiger partial charge in [0.25, 0.3) is 5.91 Å². The molecule has 2 fully saturated rings. The summed E-state index contributed by atoms with van der Waals surface area (Å²) in [5.74, 6) is 0.395. The maximum Gasteiger partial charge on any atom is 0.270 e. The minimum atomic E-state index is -0.617. The van der Waals surface area contributed by atoms with Gasteiger partial charge in [-0.25, -0.2) is 4.98 Å². The number of carbonyl (C=O) groups excluding carboxylic acids is 2. The normalized spacial score (nSPS) is 20.2. The highest BCUT2D eigenvalue weighted by molar-refractivity contribution is 5.96. The molecule has 2 N–H and O–H groups in total. The number of likely N-dealkylation sites (N-methyl/N-ethyl adjacent to an activating group) is 1. The van der Waals surface area contributed by atoms with Gasteiger partial charge in [-0.15, -0.1) is 0 Å². The number of hydrogen-bond acceptors (Lipinski definition) is 5. The fourth-order valence-electron chi connectivity index (χ4n) is 3.57. The van der Waals surface area contributed by atoms with Crippen molar-refractivity contribution in [1.29, 1.82) is 0 Å². The van der Waals surface area contributed by atoms with Crippen molar-refractivity contribution < 1.29 is 19.1 Å². The third-order valence-electron chi connectivity index (χ3n) is 5.25. The summed E-state index contributed by atoms with van der Waals surface area (Å²) >= 11 is 0. The average Bonchev–Trinajstić information content (AvgIpc) is 3.38. The van der Waals surface area contributed by atoms with E-state index in [9.17, 15) is 9.59 Å². The Morgan fingerprint density at radius 2 is 2.03 bits per heavy atom. The van der Waals surface area contributed by atoms with Gasteiger partial charge in [0.2, 0.25) is 11.8 Å². The van der Waals surface area contributed by atoms with E-state index >= 15 is 0 Å². The van der Waals surface area contributed by atoms with Crippen LogP contribution in [-0.2, 0) is 9.53 Å². The molecule has 1 aliphatic heterocycles. The summed E-state index contributed by atoms with van der Waals surface area (Å²) in [7, 11) is 1.57. The maximum absolute atomic E-state index is 12.8. The molecule has 2 atom stereocenters. The zero-order valence-electron chi connectivity index (χ0n) is 17.9. The molecule has 1 aliphatic carbocycles. The van der Waals surface area contributed by atoms with Gasteiger partial charge in [-0.1, -0.05) is 26.8 Å². The third kappa shape index (κ3) is 6.16. The van der Waals surface area contributed by atoms with Gasteiger partial charge in [-0.05, 0) is 49.5 Å². The number of rotatable bonds is 8. The van der Waals surface area contributed by atoms with E-state index in [2.05, 4.69) is 15.6 Å². The lowest BCUT2D eigenvalue weighted by Crippen LogP contribution is -2.47. The summed E-state index contributed by atoms with van der Waals surface area (Å²) in [6.07, 6.45) is 4.89. The van der Waals surface area contributed by atoms with Crippen molar-refractivity contribution in [1.82, 2.24) is 15.6 Å². The predicted molar refractivity (Wildman–Crippen MR) is 110 cm³/mol. The van der Waals surface area contributed by atoms with Crippen LogP contribution in [0, 0.1) is 5.41 Å². The lowest BCUT2D eigenvalue weighted by molar-refractivity contribution is -0.123. The Bertz CT molecular complexity index is 734. The highest BCUT2D eigenvalue weighted by Gasteiger charge is 2.30. The fourth-order valence-corrected chi connectivity index (χ4v) is 3.57. The molecule has 2 heterocycles. The molecule has 2 aliphatic rings. The summed E-state index contributed by atoms with van der Waals surface area (Å²) in [4.78, 5) is 29.6. The SMILES string of the molecule is CNC(=O)C(CC(C)(C)C)NC(=O)c1ccc(C2CC2)c(OC[C@@H]2CCCO2)n1. The average molecular weight is 404 g/mol. The monoisotopic (exact) mass is 403 g/mol. The molecule has 0 aromatic carbocycles. The van der Waals surface area contributed by atoms with E-state index < -0.39 is 6.04 Å². The lowest BCUT2D eigenvalue weighted by Gasteiger charge is -2.25. The molecular formula is C22H33N3O4. The van der Waals surface area contributed by atoms with Crippen LogP contribution in [0.1, 0.15) is 74.8 Å². The molecule has 160 valence electrons. The first-order valence-electron chi connectivity index (χ1n) is 10.5. The number of ether oxygens (including phenoxy) is 2. The smallest absolute Gasteiger partial charge is 0.270 e. The molecule has 1 saturated heterocycles.